The predicted molar refractivity (Wildman–Crippen MR) is 76.7 cm³/mol. The lowest BCUT2D eigenvalue weighted by atomic mass is 10.1. The van der Waals surface area contributed by atoms with E-state index in [-0.39, 0.29) is 12.3 Å². The number of amides is 1. The average Bonchev–Trinajstić information content (AvgIpc) is 2.41. The highest BCUT2D eigenvalue weighted by atomic mass is 16.2. The summed E-state index contributed by atoms with van der Waals surface area (Å²) in [5.74, 6) is 0.0117. The third kappa shape index (κ3) is 4.29. The summed E-state index contributed by atoms with van der Waals surface area (Å²) in [7, 11) is 0. The van der Waals surface area contributed by atoms with Crippen molar-refractivity contribution >= 4 is 11.6 Å². The van der Waals surface area contributed by atoms with Crippen LogP contribution in [0.5, 0.6) is 0 Å². The second kappa shape index (κ2) is 7.42. The fourth-order valence-electron chi connectivity index (χ4n) is 1.93. The predicted octanol–water partition coefficient (Wildman–Crippen LogP) is 2.56. The van der Waals surface area contributed by atoms with Gasteiger partial charge in [-0.3, -0.25) is 4.79 Å². The Hall–Kier alpha value is -2.02. The summed E-state index contributed by atoms with van der Waals surface area (Å²) < 4.78 is 0. The zero-order valence-corrected chi connectivity index (χ0v) is 11.8. The van der Waals surface area contributed by atoms with Gasteiger partial charge in [-0.1, -0.05) is 18.2 Å². The topological polar surface area (TPSA) is 56.1 Å². The Balaban J connectivity index is 2.68. The first-order chi connectivity index (χ1) is 9.12. The molecule has 1 unspecified atom stereocenters. The fraction of sp³-hybridized carbons (Fsp3) is 0.467. The lowest BCUT2D eigenvalue weighted by Crippen LogP contribution is -2.34. The number of aryl methyl sites for hydroxylation is 1. The van der Waals surface area contributed by atoms with Crippen LogP contribution in [0.3, 0.4) is 0 Å². The Kier molecular flexibility index (Phi) is 5.87. The Bertz CT molecular complexity index is 461. The summed E-state index contributed by atoms with van der Waals surface area (Å²) in [4.78, 5) is 13.7. The number of hydrogen-bond acceptors (Lipinski definition) is 3. The molecule has 0 bridgehead atoms. The van der Waals surface area contributed by atoms with Gasteiger partial charge in [-0.25, -0.2) is 0 Å². The van der Waals surface area contributed by atoms with Crippen molar-refractivity contribution in [2.45, 2.75) is 33.2 Å². The summed E-state index contributed by atoms with van der Waals surface area (Å²) in [5.41, 5.74) is 1.97. The molecular weight excluding hydrogens is 238 g/mol. The third-order valence-electron chi connectivity index (χ3n) is 3.13. The lowest BCUT2D eigenvalue weighted by molar-refractivity contribution is -0.130. The number of benzene rings is 1. The van der Waals surface area contributed by atoms with Crippen LogP contribution in [0.1, 0.15) is 25.8 Å². The number of carbonyl (C=O) groups is 1. The van der Waals surface area contributed by atoms with Crippen LogP contribution in [0.4, 0.5) is 5.69 Å². The van der Waals surface area contributed by atoms with Gasteiger partial charge in [0.15, 0.2) is 0 Å². The monoisotopic (exact) mass is 259 g/mol. The van der Waals surface area contributed by atoms with E-state index in [2.05, 4.69) is 11.4 Å². The van der Waals surface area contributed by atoms with Crippen molar-refractivity contribution in [3.8, 4) is 6.07 Å². The van der Waals surface area contributed by atoms with Crippen LogP contribution in [0, 0.1) is 18.3 Å². The van der Waals surface area contributed by atoms with Gasteiger partial charge in [-0.05, 0) is 32.4 Å². The molecule has 0 saturated carbocycles. The molecule has 0 saturated heterocycles. The average molecular weight is 259 g/mol. The molecule has 0 spiro atoms. The van der Waals surface area contributed by atoms with Gasteiger partial charge in [0, 0.05) is 18.8 Å². The summed E-state index contributed by atoms with van der Waals surface area (Å²) in [6.07, 6.45) is 0.201. The zero-order valence-electron chi connectivity index (χ0n) is 11.8. The normalized spacial score (nSPS) is 11.5. The lowest BCUT2D eigenvalue weighted by Gasteiger charge is -2.21. The van der Waals surface area contributed by atoms with Crippen molar-refractivity contribution in [1.82, 2.24) is 4.90 Å². The standard InChI is InChI=1S/C15H21N3O/c1-4-18(5-2)15(19)10-13(11-16)17-14-9-7-6-8-12(14)3/h6-9,13,17H,4-5,10H2,1-3H3. The first-order valence-corrected chi connectivity index (χ1v) is 6.61. The van der Waals surface area contributed by atoms with Gasteiger partial charge in [0.2, 0.25) is 5.91 Å². The number of para-hydroxylation sites is 1. The Labute approximate surface area is 115 Å². The number of nitriles is 1. The first-order valence-electron chi connectivity index (χ1n) is 6.61. The van der Waals surface area contributed by atoms with E-state index in [1.165, 1.54) is 0 Å². The van der Waals surface area contributed by atoms with Gasteiger partial charge in [0.1, 0.15) is 6.04 Å². The van der Waals surface area contributed by atoms with Crippen molar-refractivity contribution in [1.29, 1.82) is 5.26 Å². The van der Waals surface area contributed by atoms with Crippen LogP contribution in [0.25, 0.3) is 0 Å². The molecule has 4 nitrogen and oxygen atoms in total. The molecule has 0 fully saturated rings. The van der Waals surface area contributed by atoms with Crippen molar-refractivity contribution in [2.75, 3.05) is 18.4 Å². The van der Waals surface area contributed by atoms with Gasteiger partial charge >= 0.3 is 0 Å². The van der Waals surface area contributed by atoms with E-state index in [4.69, 9.17) is 0 Å². The van der Waals surface area contributed by atoms with Crippen molar-refractivity contribution in [2.24, 2.45) is 0 Å². The van der Waals surface area contributed by atoms with Crippen LogP contribution in [0.2, 0.25) is 0 Å². The van der Waals surface area contributed by atoms with E-state index in [0.717, 1.165) is 11.3 Å². The van der Waals surface area contributed by atoms with Gasteiger partial charge < -0.3 is 10.2 Å². The molecular formula is C15H21N3O. The Morgan fingerprint density at radius 3 is 2.53 bits per heavy atom. The quantitative estimate of drug-likeness (QED) is 0.854. The van der Waals surface area contributed by atoms with E-state index in [1.54, 1.807) is 4.90 Å². The van der Waals surface area contributed by atoms with Crippen LogP contribution < -0.4 is 5.32 Å². The molecule has 102 valence electrons. The maximum atomic E-state index is 12.0. The van der Waals surface area contributed by atoms with Crippen molar-refractivity contribution in [3.05, 3.63) is 29.8 Å². The van der Waals surface area contributed by atoms with Crippen molar-refractivity contribution < 1.29 is 4.79 Å². The van der Waals surface area contributed by atoms with Gasteiger partial charge in [-0.15, -0.1) is 0 Å². The number of nitrogens with one attached hydrogen (secondary N) is 1. The number of rotatable bonds is 6. The van der Waals surface area contributed by atoms with Crippen LogP contribution in [-0.2, 0) is 4.79 Å². The maximum Gasteiger partial charge on any atom is 0.225 e. The molecule has 0 aliphatic rings. The number of anilines is 1. The summed E-state index contributed by atoms with van der Waals surface area (Å²) in [5, 5.41) is 12.3. The summed E-state index contributed by atoms with van der Waals surface area (Å²) in [6, 6.07) is 9.42. The minimum Gasteiger partial charge on any atom is -0.369 e. The fourth-order valence-corrected chi connectivity index (χ4v) is 1.93. The molecule has 1 rings (SSSR count). The molecule has 19 heavy (non-hydrogen) atoms. The molecule has 0 radical (unpaired) electrons. The van der Waals surface area contributed by atoms with Gasteiger partial charge in [0.25, 0.3) is 0 Å². The second-order valence-corrected chi connectivity index (χ2v) is 4.41. The second-order valence-electron chi connectivity index (χ2n) is 4.41. The number of carbonyl (C=O) groups excluding carboxylic acids is 1. The van der Waals surface area contributed by atoms with Crippen LogP contribution in [0.15, 0.2) is 24.3 Å². The van der Waals surface area contributed by atoms with E-state index >= 15 is 0 Å². The highest BCUT2D eigenvalue weighted by molar-refractivity contribution is 5.77. The van der Waals surface area contributed by atoms with E-state index in [9.17, 15) is 10.1 Å². The summed E-state index contributed by atoms with van der Waals surface area (Å²) in [6.45, 7) is 7.22. The molecule has 0 heterocycles. The minimum atomic E-state index is -0.491. The van der Waals surface area contributed by atoms with Crippen LogP contribution in [-0.4, -0.2) is 29.9 Å². The third-order valence-corrected chi connectivity index (χ3v) is 3.13. The Morgan fingerprint density at radius 1 is 1.37 bits per heavy atom. The van der Waals surface area contributed by atoms with E-state index < -0.39 is 6.04 Å². The summed E-state index contributed by atoms with van der Waals surface area (Å²) >= 11 is 0. The molecule has 1 N–H and O–H groups in total. The van der Waals surface area contributed by atoms with Gasteiger partial charge in [0.05, 0.1) is 12.5 Å². The minimum absolute atomic E-state index is 0.0117. The first kappa shape index (κ1) is 15.0. The smallest absolute Gasteiger partial charge is 0.225 e. The molecule has 0 aromatic heterocycles. The largest absolute Gasteiger partial charge is 0.369 e. The zero-order chi connectivity index (χ0) is 14.3. The molecule has 4 heteroatoms. The molecule has 1 aromatic carbocycles. The molecule has 1 atom stereocenters. The highest BCUT2D eigenvalue weighted by Crippen LogP contribution is 2.15. The van der Waals surface area contributed by atoms with Crippen LogP contribution >= 0.6 is 0 Å². The highest BCUT2D eigenvalue weighted by Gasteiger charge is 2.17. The van der Waals surface area contributed by atoms with E-state index in [1.807, 2.05) is 45.0 Å². The van der Waals surface area contributed by atoms with Gasteiger partial charge in [-0.2, -0.15) is 5.26 Å². The SMILES string of the molecule is CCN(CC)C(=O)CC(C#N)Nc1ccccc1C. The van der Waals surface area contributed by atoms with E-state index in [0.29, 0.717) is 13.1 Å². The maximum absolute atomic E-state index is 12.0. The number of hydrogen-bond donors (Lipinski definition) is 1. The molecule has 1 aromatic rings. The molecule has 0 aliphatic heterocycles. The number of nitrogens with zero attached hydrogens (tertiary/aromatic N) is 2. The molecule has 0 aliphatic carbocycles. The van der Waals surface area contributed by atoms with Crippen molar-refractivity contribution in [3.63, 3.8) is 0 Å². The molecule has 1 amide bonds. The Morgan fingerprint density at radius 2 is 2.00 bits per heavy atom.